The minimum absolute atomic E-state index is 0.151. The van der Waals surface area contributed by atoms with Crippen molar-refractivity contribution >= 4 is 10.0 Å². The Morgan fingerprint density at radius 3 is 2.82 bits per heavy atom. The third-order valence-corrected chi connectivity index (χ3v) is 4.61. The highest BCUT2D eigenvalue weighted by atomic mass is 32.2. The second-order valence-electron chi connectivity index (χ2n) is 4.48. The van der Waals surface area contributed by atoms with Gasteiger partial charge in [0.1, 0.15) is 0 Å². The molecule has 0 saturated heterocycles. The van der Waals surface area contributed by atoms with Gasteiger partial charge in [-0.2, -0.15) is 0 Å². The molecule has 0 aliphatic heterocycles. The van der Waals surface area contributed by atoms with Gasteiger partial charge in [0.2, 0.25) is 10.0 Å². The van der Waals surface area contributed by atoms with Crippen molar-refractivity contribution in [3.05, 3.63) is 35.4 Å². The topological polar surface area (TPSA) is 72.2 Å². The highest BCUT2D eigenvalue weighted by Gasteiger charge is 2.32. The monoisotopic (exact) mass is 254 g/mol. The summed E-state index contributed by atoms with van der Waals surface area (Å²) < 4.78 is 26.3. The van der Waals surface area contributed by atoms with Crippen LogP contribution in [0.2, 0.25) is 0 Å². The average Bonchev–Trinajstić information content (AvgIpc) is 2.55. The molecule has 0 bridgehead atoms. The summed E-state index contributed by atoms with van der Waals surface area (Å²) in [4.78, 5) is 0. The fraction of sp³-hybridized carbons (Fsp3) is 0.500. The van der Waals surface area contributed by atoms with Gasteiger partial charge in [-0.3, -0.25) is 0 Å². The zero-order valence-corrected chi connectivity index (χ0v) is 10.7. The summed E-state index contributed by atoms with van der Waals surface area (Å²) >= 11 is 0. The summed E-state index contributed by atoms with van der Waals surface area (Å²) in [5, 5.41) is 0. The van der Waals surface area contributed by atoms with Crippen LogP contribution in [-0.4, -0.2) is 20.2 Å². The molecule has 0 radical (unpaired) electrons. The molecule has 0 aromatic heterocycles. The van der Waals surface area contributed by atoms with Crippen LogP contribution in [0.3, 0.4) is 0 Å². The minimum Gasteiger partial charge on any atom is -0.326 e. The van der Waals surface area contributed by atoms with E-state index >= 15 is 0 Å². The second kappa shape index (κ2) is 4.76. The van der Waals surface area contributed by atoms with Crippen molar-refractivity contribution in [3.8, 4) is 0 Å². The first-order chi connectivity index (χ1) is 8.03. The van der Waals surface area contributed by atoms with Gasteiger partial charge in [0.05, 0.1) is 11.8 Å². The zero-order valence-electron chi connectivity index (χ0n) is 9.89. The Bertz CT molecular complexity index is 499. The molecule has 5 heteroatoms. The molecular formula is C12H18N2O2S. The van der Waals surface area contributed by atoms with Crippen LogP contribution in [0, 0.1) is 0 Å². The lowest BCUT2D eigenvalue weighted by molar-refractivity contribution is 0.517. The molecule has 3 N–H and O–H groups in total. The lowest BCUT2D eigenvalue weighted by Crippen LogP contribution is -2.39. The van der Waals surface area contributed by atoms with E-state index in [0.717, 1.165) is 17.5 Å². The van der Waals surface area contributed by atoms with Crippen LogP contribution in [0.25, 0.3) is 0 Å². The van der Waals surface area contributed by atoms with Crippen LogP contribution >= 0.6 is 0 Å². The quantitative estimate of drug-likeness (QED) is 0.840. The lowest BCUT2D eigenvalue weighted by atomic mass is 10.1. The van der Waals surface area contributed by atoms with Crippen molar-refractivity contribution in [2.45, 2.75) is 31.8 Å². The molecule has 2 atom stereocenters. The molecule has 4 nitrogen and oxygen atoms in total. The number of nitrogens with one attached hydrogen (secondary N) is 1. The van der Waals surface area contributed by atoms with Crippen LogP contribution < -0.4 is 10.5 Å². The third kappa shape index (κ3) is 2.68. The van der Waals surface area contributed by atoms with Crippen LogP contribution in [0.1, 0.15) is 30.5 Å². The Morgan fingerprint density at radius 2 is 2.12 bits per heavy atom. The van der Waals surface area contributed by atoms with Gasteiger partial charge in [-0.15, -0.1) is 0 Å². The summed E-state index contributed by atoms with van der Waals surface area (Å²) in [6.07, 6.45) is 1.34. The normalized spacial score (nSPS) is 23.6. The van der Waals surface area contributed by atoms with Crippen molar-refractivity contribution in [2.75, 3.05) is 5.75 Å². The van der Waals surface area contributed by atoms with Gasteiger partial charge in [0, 0.05) is 6.04 Å². The Morgan fingerprint density at radius 1 is 1.41 bits per heavy atom. The molecule has 1 aromatic rings. The summed E-state index contributed by atoms with van der Waals surface area (Å²) in [5.41, 5.74) is 8.16. The van der Waals surface area contributed by atoms with E-state index in [1.807, 2.05) is 31.2 Å². The zero-order chi connectivity index (χ0) is 12.5. The maximum absolute atomic E-state index is 11.8. The predicted octanol–water partition coefficient (Wildman–Crippen LogP) is 0.940. The fourth-order valence-corrected chi connectivity index (χ4v) is 3.64. The standard InChI is InChI=1S/C12H18N2O2S/c1-2-7-17(15,16)14-12-10-6-4-3-5-9(10)8-11(12)13/h3-6,11-12,14H,2,7-8,13H2,1H3. The van der Waals surface area contributed by atoms with E-state index in [9.17, 15) is 8.42 Å². The highest BCUT2D eigenvalue weighted by molar-refractivity contribution is 7.89. The smallest absolute Gasteiger partial charge is 0.212 e. The molecule has 0 fully saturated rings. The maximum Gasteiger partial charge on any atom is 0.212 e. The predicted molar refractivity (Wildman–Crippen MR) is 68.1 cm³/mol. The summed E-state index contributed by atoms with van der Waals surface area (Å²) in [5.74, 6) is 0.151. The van der Waals surface area contributed by atoms with Crippen LogP contribution in [-0.2, 0) is 16.4 Å². The number of hydrogen-bond donors (Lipinski definition) is 2. The van der Waals surface area contributed by atoms with Gasteiger partial charge in [-0.25, -0.2) is 13.1 Å². The fourth-order valence-electron chi connectivity index (χ4n) is 2.30. The van der Waals surface area contributed by atoms with Crippen LogP contribution in [0.4, 0.5) is 0 Å². The molecule has 2 rings (SSSR count). The van der Waals surface area contributed by atoms with Crippen LogP contribution in [0.5, 0.6) is 0 Å². The molecule has 1 aromatic carbocycles. The lowest BCUT2D eigenvalue weighted by Gasteiger charge is -2.18. The number of benzene rings is 1. The Hall–Kier alpha value is -0.910. The highest BCUT2D eigenvalue weighted by Crippen LogP contribution is 2.30. The molecule has 0 heterocycles. The number of sulfonamides is 1. The molecule has 2 unspecified atom stereocenters. The molecule has 0 amide bonds. The molecule has 17 heavy (non-hydrogen) atoms. The van der Waals surface area contributed by atoms with Crippen molar-refractivity contribution in [1.29, 1.82) is 0 Å². The minimum atomic E-state index is -3.22. The van der Waals surface area contributed by atoms with E-state index in [-0.39, 0.29) is 17.8 Å². The average molecular weight is 254 g/mol. The number of fused-ring (bicyclic) bond motifs is 1. The Balaban J connectivity index is 2.23. The van der Waals surface area contributed by atoms with Crippen molar-refractivity contribution in [1.82, 2.24) is 4.72 Å². The van der Waals surface area contributed by atoms with E-state index in [0.29, 0.717) is 6.42 Å². The molecule has 0 saturated carbocycles. The molecule has 1 aliphatic carbocycles. The maximum atomic E-state index is 11.8. The van der Waals surface area contributed by atoms with E-state index < -0.39 is 10.0 Å². The summed E-state index contributed by atoms with van der Waals surface area (Å²) in [6, 6.07) is 7.37. The van der Waals surface area contributed by atoms with E-state index in [2.05, 4.69) is 4.72 Å². The molecule has 0 spiro atoms. The molecule has 1 aliphatic rings. The SMILES string of the molecule is CCCS(=O)(=O)NC1c2ccccc2CC1N. The van der Waals surface area contributed by atoms with E-state index in [1.165, 1.54) is 0 Å². The van der Waals surface area contributed by atoms with E-state index in [1.54, 1.807) is 0 Å². The van der Waals surface area contributed by atoms with Gasteiger partial charge in [-0.05, 0) is 24.0 Å². The van der Waals surface area contributed by atoms with Gasteiger partial charge < -0.3 is 5.73 Å². The summed E-state index contributed by atoms with van der Waals surface area (Å²) in [6.45, 7) is 1.85. The number of hydrogen-bond acceptors (Lipinski definition) is 3. The Labute approximate surface area is 102 Å². The van der Waals surface area contributed by atoms with Gasteiger partial charge in [0.25, 0.3) is 0 Å². The molecular weight excluding hydrogens is 236 g/mol. The summed E-state index contributed by atoms with van der Waals surface area (Å²) in [7, 11) is -3.22. The van der Waals surface area contributed by atoms with Gasteiger partial charge in [0.15, 0.2) is 0 Å². The first-order valence-electron chi connectivity index (χ1n) is 5.87. The van der Waals surface area contributed by atoms with Crippen LogP contribution in [0.15, 0.2) is 24.3 Å². The first kappa shape index (κ1) is 12.5. The van der Waals surface area contributed by atoms with E-state index in [4.69, 9.17) is 5.73 Å². The largest absolute Gasteiger partial charge is 0.326 e. The second-order valence-corrected chi connectivity index (χ2v) is 6.35. The first-order valence-corrected chi connectivity index (χ1v) is 7.52. The van der Waals surface area contributed by atoms with Gasteiger partial charge >= 0.3 is 0 Å². The Kier molecular flexibility index (Phi) is 3.51. The number of rotatable bonds is 4. The van der Waals surface area contributed by atoms with Crippen molar-refractivity contribution in [2.24, 2.45) is 5.73 Å². The number of nitrogens with two attached hydrogens (primary N) is 1. The van der Waals surface area contributed by atoms with Crippen molar-refractivity contribution in [3.63, 3.8) is 0 Å². The third-order valence-electron chi connectivity index (χ3n) is 3.05. The van der Waals surface area contributed by atoms with Gasteiger partial charge in [-0.1, -0.05) is 31.2 Å². The molecule has 94 valence electrons. The van der Waals surface area contributed by atoms with Crippen molar-refractivity contribution < 1.29 is 8.42 Å².